The molecular weight excluding hydrogens is 410 g/mol. The Kier molecular flexibility index (Phi) is 5.04. The monoisotopic (exact) mass is 429 g/mol. The third-order valence-electron chi connectivity index (χ3n) is 5.14. The van der Waals surface area contributed by atoms with Crippen LogP contribution in [0.4, 0.5) is 11.4 Å². The molecular formula is C20H19N3O6S. The highest BCUT2D eigenvalue weighted by Gasteiger charge is 2.27. The summed E-state index contributed by atoms with van der Waals surface area (Å²) in [7, 11) is -3.82. The Morgan fingerprint density at radius 1 is 1.07 bits per heavy atom. The Balaban J connectivity index is 1.41. The molecule has 0 aliphatic carbocycles. The summed E-state index contributed by atoms with van der Waals surface area (Å²) < 4.78 is 28.1. The molecule has 10 heteroatoms. The van der Waals surface area contributed by atoms with Gasteiger partial charge in [-0.1, -0.05) is 0 Å². The van der Waals surface area contributed by atoms with Gasteiger partial charge in [0.15, 0.2) is 6.61 Å². The number of hydrogen-bond donors (Lipinski definition) is 2. The summed E-state index contributed by atoms with van der Waals surface area (Å²) in [5.74, 6) is -1.10. The normalized spacial score (nSPS) is 15.2. The molecule has 0 radical (unpaired) electrons. The van der Waals surface area contributed by atoms with Crippen molar-refractivity contribution >= 4 is 39.2 Å². The quantitative estimate of drug-likeness (QED) is 0.695. The SMILES string of the molecule is NS(=O)(=O)c1ccc2c(c1)CCN2C(=O)COC(=O)c1ccc2c(c1)CCC(=O)N2. The lowest BCUT2D eigenvalue weighted by atomic mass is 10.0. The first-order valence-corrected chi connectivity index (χ1v) is 10.8. The molecule has 2 amide bonds. The summed E-state index contributed by atoms with van der Waals surface area (Å²) in [5.41, 5.74) is 3.09. The van der Waals surface area contributed by atoms with Crippen molar-refractivity contribution in [1.29, 1.82) is 0 Å². The maximum atomic E-state index is 12.6. The van der Waals surface area contributed by atoms with Crippen LogP contribution < -0.4 is 15.4 Å². The predicted molar refractivity (Wildman–Crippen MR) is 108 cm³/mol. The van der Waals surface area contributed by atoms with Gasteiger partial charge in [0.2, 0.25) is 15.9 Å². The molecule has 0 fully saturated rings. The third kappa shape index (κ3) is 3.91. The third-order valence-corrected chi connectivity index (χ3v) is 6.05. The van der Waals surface area contributed by atoms with Crippen molar-refractivity contribution in [2.24, 2.45) is 5.14 Å². The van der Waals surface area contributed by atoms with Crippen LogP contribution in [0.3, 0.4) is 0 Å². The van der Waals surface area contributed by atoms with Crippen molar-refractivity contribution in [2.75, 3.05) is 23.4 Å². The number of fused-ring (bicyclic) bond motifs is 2. The number of amides is 2. The number of nitrogens with two attached hydrogens (primary N) is 1. The Bertz CT molecular complexity index is 1180. The van der Waals surface area contributed by atoms with Gasteiger partial charge in [-0.2, -0.15) is 0 Å². The number of hydrogen-bond acceptors (Lipinski definition) is 6. The number of ether oxygens (including phenoxy) is 1. The smallest absolute Gasteiger partial charge is 0.338 e. The van der Waals surface area contributed by atoms with E-state index in [2.05, 4.69) is 5.32 Å². The predicted octanol–water partition coefficient (Wildman–Crippen LogP) is 0.965. The number of anilines is 2. The van der Waals surface area contributed by atoms with E-state index in [1.807, 2.05) is 0 Å². The molecule has 2 aromatic carbocycles. The van der Waals surface area contributed by atoms with E-state index in [9.17, 15) is 22.8 Å². The number of carbonyl (C=O) groups excluding carboxylic acids is 3. The number of benzene rings is 2. The molecule has 30 heavy (non-hydrogen) atoms. The summed E-state index contributed by atoms with van der Waals surface area (Å²) in [6.07, 6.45) is 1.37. The molecule has 2 aromatic rings. The van der Waals surface area contributed by atoms with Crippen LogP contribution in [-0.4, -0.2) is 39.4 Å². The first-order valence-electron chi connectivity index (χ1n) is 9.28. The van der Waals surface area contributed by atoms with Gasteiger partial charge in [0.1, 0.15) is 0 Å². The van der Waals surface area contributed by atoms with Gasteiger partial charge in [-0.3, -0.25) is 9.59 Å². The molecule has 0 bridgehead atoms. The fourth-order valence-electron chi connectivity index (χ4n) is 3.61. The molecule has 4 rings (SSSR count). The molecule has 2 heterocycles. The molecule has 0 saturated carbocycles. The summed E-state index contributed by atoms with van der Waals surface area (Å²) in [6.45, 7) is -0.0820. The Morgan fingerprint density at radius 3 is 2.63 bits per heavy atom. The first-order chi connectivity index (χ1) is 14.2. The van der Waals surface area contributed by atoms with Gasteiger partial charge in [-0.15, -0.1) is 0 Å². The van der Waals surface area contributed by atoms with E-state index in [0.717, 1.165) is 5.56 Å². The number of esters is 1. The maximum Gasteiger partial charge on any atom is 0.338 e. The van der Waals surface area contributed by atoms with Crippen molar-refractivity contribution in [3.8, 4) is 0 Å². The van der Waals surface area contributed by atoms with Crippen LogP contribution in [-0.2, 0) is 37.2 Å². The van der Waals surface area contributed by atoms with Crippen molar-refractivity contribution in [3.05, 3.63) is 53.1 Å². The minimum atomic E-state index is -3.82. The highest BCUT2D eigenvalue weighted by atomic mass is 32.2. The number of primary sulfonamides is 1. The van der Waals surface area contributed by atoms with Gasteiger partial charge in [-0.05, 0) is 60.4 Å². The minimum Gasteiger partial charge on any atom is -0.452 e. The molecule has 9 nitrogen and oxygen atoms in total. The minimum absolute atomic E-state index is 0.00873. The number of sulfonamides is 1. The van der Waals surface area contributed by atoms with Crippen LogP contribution in [0.1, 0.15) is 27.9 Å². The van der Waals surface area contributed by atoms with E-state index in [0.29, 0.717) is 48.3 Å². The number of nitrogens with one attached hydrogen (secondary N) is 1. The molecule has 0 spiro atoms. The zero-order chi connectivity index (χ0) is 21.5. The van der Waals surface area contributed by atoms with E-state index in [4.69, 9.17) is 9.88 Å². The van der Waals surface area contributed by atoms with E-state index in [1.54, 1.807) is 12.1 Å². The Labute approximate surface area is 172 Å². The summed E-state index contributed by atoms with van der Waals surface area (Å²) in [6, 6.07) is 9.16. The van der Waals surface area contributed by atoms with E-state index in [1.165, 1.54) is 29.2 Å². The molecule has 0 unspecified atom stereocenters. The van der Waals surface area contributed by atoms with E-state index >= 15 is 0 Å². The van der Waals surface area contributed by atoms with Crippen LogP contribution in [0.2, 0.25) is 0 Å². The Morgan fingerprint density at radius 2 is 1.87 bits per heavy atom. The average molecular weight is 429 g/mol. The highest BCUT2D eigenvalue weighted by Crippen LogP contribution is 2.30. The maximum absolute atomic E-state index is 12.6. The number of rotatable bonds is 4. The van der Waals surface area contributed by atoms with E-state index in [-0.39, 0.29) is 10.8 Å². The standard InChI is InChI=1S/C20H19N3O6S/c21-30(27,28)15-3-5-17-13(10-15)7-8-23(17)19(25)11-29-20(26)14-1-4-16-12(9-14)2-6-18(24)22-16/h1,3-5,9-10H,2,6-8,11H2,(H,22,24)(H2,21,27,28). The number of aryl methyl sites for hydroxylation is 1. The molecule has 156 valence electrons. The van der Waals surface area contributed by atoms with Crippen molar-refractivity contribution in [1.82, 2.24) is 0 Å². The summed E-state index contributed by atoms with van der Waals surface area (Å²) in [4.78, 5) is 37.8. The summed E-state index contributed by atoms with van der Waals surface area (Å²) in [5, 5.41) is 7.88. The lowest BCUT2D eigenvalue weighted by molar-refractivity contribution is -0.121. The lowest BCUT2D eigenvalue weighted by Gasteiger charge is -2.18. The van der Waals surface area contributed by atoms with E-state index < -0.39 is 28.5 Å². The molecule has 0 saturated heterocycles. The zero-order valence-electron chi connectivity index (χ0n) is 15.9. The van der Waals surface area contributed by atoms with Gasteiger partial charge in [0.05, 0.1) is 10.5 Å². The molecule has 0 aromatic heterocycles. The molecule has 2 aliphatic rings. The van der Waals surface area contributed by atoms with Gasteiger partial charge >= 0.3 is 5.97 Å². The zero-order valence-corrected chi connectivity index (χ0v) is 16.7. The van der Waals surface area contributed by atoms with Crippen molar-refractivity contribution in [2.45, 2.75) is 24.2 Å². The van der Waals surface area contributed by atoms with Crippen LogP contribution in [0.25, 0.3) is 0 Å². The van der Waals surface area contributed by atoms with Crippen LogP contribution >= 0.6 is 0 Å². The second-order valence-corrected chi connectivity index (χ2v) is 8.69. The fraction of sp³-hybridized carbons (Fsp3) is 0.250. The molecule has 2 aliphatic heterocycles. The number of nitrogens with zero attached hydrogens (tertiary/aromatic N) is 1. The topological polar surface area (TPSA) is 136 Å². The van der Waals surface area contributed by atoms with Gasteiger partial charge in [0, 0.05) is 24.3 Å². The van der Waals surface area contributed by atoms with Gasteiger partial charge < -0.3 is 15.0 Å². The van der Waals surface area contributed by atoms with Gasteiger partial charge in [0.25, 0.3) is 5.91 Å². The molecule has 3 N–H and O–H groups in total. The average Bonchev–Trinajstić information content (AvgIpc) is 3.14. The second-order valence-electron chi connectivity index (χ2n) is 7.13. The second kappa shape index (κ2) is 7.54. The fourth-order valence-corrected chi connectivity index (χ4v) is 4.18. The highest BCUT2D eigenvalue weighted by molar-refractivity contribution is 7.89. The largest absolute Gasteiger partial charge is 0.452 e. The van der Waals surface area contributed by atoms with Crippen LogP contribution in [0.5, 0.6) is 0 Å². The lowest BCUT2D eigenvalue weighted by Crippen LogP contribution is -2.33. The number of carbonyl (C=O) groups is 3. The van der Waals surface area contributed by atoms with Crippen LogP contribution in [0, 0.1) is 0 Å². The van der Waals surface area contributed by atoms with Crippen molar-refractivity contribution in [3.63, 3.8) is 0 Å². The molecule has 0 atom stereocenters. The Hall–Kier alpha value is -3.24. The van der Waals surface area contributed by atoms with Crippen molar-refractivity contribution < 1.29 is 27.5 Å². The first kappa shape index (κ1) is 20.0. The van der Waals surface area contributed by atoms with Crippen LogP contribution in [0.15, 0.2) is 41.3 Å². The van der Waals surface area contributed by atoms with Gasteiger partial charge in [-0.25, -0.2) is 18.4 Å². The summed E-state index contributed by atoms with van der Waals surface area (Å²) >= 11 is 0.